The van der Waals surface area contributed by atoms with E-state index in [9.17, 15) is 5.11 Å². The summed E-state index contributed by atoms with van der Waals surface area (Å²) in [7, 11) is 1.91. The van der Waals surface area contributed by atoms with Crippen molar-refractivity contribution in [1.82, 2.24) is 0 Å². The number of rotatable bonds is 5. The monoisotopic (exact) mass is 462 g/mol. The molecule has 3 heteroatoms. The van der Waals surface area contributed by atoms with Crippen molar-refractivity contribution in [2.24, 2.45) is 39.9 Å². The molecule has 4 rings (SSSR count). The van der Waals surface area contributed by atoms with Gasteiger partial charge >= 0.3 is 0 Å². The highest BCUT2D eigenvalue weighted by molar-refractivity contribution is 5.18. The SMILES string of the molecule is CCC[C@@]1(C)[C@@H](C(C)C)CC[C@]2(C)[C@@H]1CC[C@@H]1[C@H]3O[C@H](C(C)(C)O)CC[C@@]3(OC)CC[C@]12C. The molecule has 192 valence electrons. The number of hydrogen-bond donors (Lipinski definition) is 1. The van der Waals surface area contributed by atoms with Crippen molar-refractivity contribution in [1.29, 1.82) is 0 Å². The minimum Gasteiger partial charge on any atom is -0.388 e. The van der Waals surface area contributed by atoms with Crippen LogP contribution in [-0.2, 0) is 9.47 Å². The maximum atomic E-state index is 10.8. The molecule has 0 aromatic heterocycles. The second-order valence-corrected chi connectivity index (χ2v) is 14.2. The maximum Gasteiger partial charge on any atom is 0.0943 e. The Morgan fingerprint density at radius 1 is 0.970 bits per heavy atom. The van der Waals surface area contributed by atoms with E-state index in [0.717, 1.165) is 37.0 Å². The molecule has 9 atom stereocenters. The summed E-state index contributed by atoms with van der Waals surface area (Å²) in [6, 6.07) is 0. The van der Waals surface area contributed by atoms with E-state index in [2.05, 4.69) is 41.5 Å². The van der Waals surface area contributed by atoms with Crippen LogP contribution in [0.5, 0.6) is 0 Å². The smallest absolute Gasteiger partial charge is 0.0943 e. The lowest BCUT2D eigenvalue weighted by atomic mass is 9.35. The molecule has 1 N–H and O–H groups in total. The van der Waals surface area contributed by atoms with Gasteiger partial charge in [-0.1, -0.05) is 48.0 Å². The number of ether oxygens (including phenoxy) is 2. The van der Waals surface area contributed by atoms with Gasteiger partial charge in [-0.15, -0.1) is 0 Å². The van der Waals surface area contributed by atoms with Crippen molar-refractivity contribution < 1.29 is 14.6 Å². The molecule has 3 aliphatic carbocycles. The van der Waals surface area contributed by atoms with Gasteiger partial charge in [0.05, 0.1) is 23.4 Å². The van der Waals surface area contributed by atoms with Crippen LogP contribution >= 0.6 is 0 Å². The molecule has 4 fully saturated rings. The van der Waals surface area contributed by atoms with Gasteiger partial charge in [0.1, 0.15) is 0 Å². The quantitative estimate of drug-likeness (QED) is 0.463. The predicted octanol–water partition coefficient (Wildman–Crippen LogP) is 7.40. The molecule has 0 amide bonds. The highest BCUT2D eigenvalue weighted by atomic mass is 16.6. The van der Waals surface area contributed by atoms with Crippen LogP contribution in [0.3, 0.4) is 0 Å². The zero-order chi connectivity index (χ0) is 24.4. The molecule has 0 unspecified atom stereocenters. The lowest BCUT2D eigenvalue weighted by Gasteiger charge is -2.71. The molecule has 0 aromatic carbocycles. The van der Waals surface area contributed by atoms with E-state index in [-0.39, 0.29) is 23.2 Å². The standard InChI is InChI=1S/C30H54O3/c1-10-15-27(6)21(20(2)3)13-16-29(8)23(27)12-11-22-25-30(32-9,19-18-28(22,29)7)17-14-24(33-25)26(4,5)31/h20-25,31H,10-19H2,1-9H3/t21-,22-,23-,24+,25-,27+,28-,29-,30-/m1/s1. The lowest BCUT2D eigenvalue weighted by molar-refractivity contribution is -0.303. The molecule has 33 heavy (non-hydrogen) atoms. The van der Waals surface area contributed by atoms with E-state index >= 15 is 0 Å². The summed E-state index contributed by atoms with van der Waals surface area (Å²) in [6.45, 7) is 19.1. The highest BCUT2D eigenvalue weighted by Crippen LogP contribution is 2.73. The normalized spacial score (nSPS) is 50.5. The molecule has 0 radical (unpaired) electrons. The van der Waals surface area contributed by atoms with E-state index in [1.165, 1.54) is 44.9 Å². The Bertz CT molecular complexity index is 712. The summed E-state index contributed by atoms with van der Waals surface area (Å²) in [6.07, 6.45) is 12.2. The first kappa shape index (κ1) is 26.0. The van der Waals surface area contributed by atoms with Gasteiger partial charge < -0.3 is 14.6 Å². The Morgan fingerprint density at radius 3 is 2.24 bits per heavy atom. The van der Waals surface area contributed by atoms with Crippen LogP contribution in [-0.4, -0.2) is 35.6 Å². The third kappa shape index (κ3) is 3.69. The Balaban J connectivity index is 1.72. The van der Waals surface area contributed by atoms with E-state index in [4.69, 9.17) is 9.47 Å². The molecule has 1 heterocycles. The molecule has 0 spiro atoms. The zero-order valence-corrected chi connectivity index (χ0v) is 23.3. The number of fused-ring (bicyclic) bond motifs is 5. The third-order valence-electron chi connectivity index (χ3n) is 12.2. The zero-order valence-electron chi connectivity index (χ0n) is 23.3. The number of aliphatic hydroxyl groups is 1. The molecule has 0 bridgehead atoms. The lowest BCUT2D eigenvalue weighted by Crippen LogP contribution is -2.69. The minimum absolute atomic E-state index is 0.0966. The van der Waals surface area contributed by atoms with Gasteiger partial charge in [-0.25, -0.2) is 0 Å². The van der Waals surface area contributed by atoms with Gasteiger partial charge in [0, 0.05) is 7.11 Å². The van der Waals surface area contributed by atoms with E-state index in [0.29, 0.717) is 16.7 Å². The number of hydrogen-bond acceptors (Lipinski definition) is 3. The average molecular weight is 463 g/mol. The van der Waals surface area contributed by atoms with E-state index in [1.54, 1.807) is 0 Å². The van der Waals surface area contributed by atoms with Gasteiger partial charge in [-0.05, 0) is 112 Å². The second kappa shape index (κ2) is 8.48. The summed E-state index contributed by atoms with van der Waals surface area (Å²) in [5.41, 5.74) is 0.0702. The molecular formula is C30H54O3. The van der Waals surface area contributed by atoms with Crippen LogP contribution < -0.4 is 0 Å². The van der Waals surface area contributed by atoms with Crippen molar-refractivity contribution in [3.05, 3.63) is 0 Å². The van der Waals surface area contributed by atoms with Gasteiger partial charge in [-0.3, -0.25) is 0 Å². The molecule has 3 saturated carbocycles. The van der Waals surface area contributed by atoms with E-state index < -0.39 is 5.60 Å². The molecular weight excluding hydrogens is 408 g/mol. The summed E-state index contributed by atoms with van der Waals surface area (Å²) in [5, 5.41) is 10.8. The third-order valence-corrected chi connectivity index (χ3v) is 12.2. The molecule has 4 aliphatic rings. The van der Waals surface area contributed by atoms with Crippen LogP contribution in [0.25, 0.3) is 0 Å². The summed E-state index contributed by atoms with van der Waals surface area (Å²) in [4.78, 5) is 0. The minimum atomic E-state index is -0.802. The van der Waals surface area contributed by atoms with Crippen LogP contribution in [0.1, 0.15) is 120 Å². The molecule has 1 saturated heterocycles. The van der Waals surface area contributed by atoms with Crippen LogP contribution in [0.15, 0.2) is 0 Å². The van der Waals surface area contributed by atoms with Crippen LogP contribution in [0.2, 0.25) is 0 Å². The Labute approximate surface area is 204 Å². The largest absolute Gasteiger partial charge is 0.388 e. The van der Waals surface area contributed by atoms with Crippen molar-refractivity contribution in [3.8, 4) is 0 Å². The summed E-state index contributed by atoms with van der Waals surface area (Å²) >= 11 is 0. The molecule has 1 aliphatic heterocycles. The second-order valence-electron chi connectivity index (χ2n) is 14.2. The van der Waals surface area contributed by atoms with Crippen LogP contribution in [0.4, 0.5) is 0 Å². The van der Waals surface area contributed by atoms with Gasteiger partial charge in [0.2, 0.25) is 0 Å². The van der Waals surface area contributed by atoms with Crippen molar-refractivity contribution in [3.63, 3.8) is 0 Å². The average Bonchev–Trinajstić information content (AvgIpc) is 2.73. The first-order valence-electron chi connectivity index (χ1n) is 14.2. The summed E-state index contributed by atoms with van der Waals surface area (Å²) < 4.78 is 13.2. The summed E-state index contributed by atoms with van der Waals surface area (Å²) in [5.74, 6) is 2.90. The highest BCUT2D eigenvalue weighted by Gasteiger charge is 2.69. The van der Waals surface area contributed by atoms with Gasteiger partial charge in [-0.2, -0.15) is 0 Å². The van der Waals surface area contributed by atoms with Gasteiger partial charge in [0.15, 0.2) is 0 Å². The Morgan fingerprint density at radius 2 is 1.67 bits per heavy atom. The van der Waals surface area contributed by atoms with Crippen molar-refractivity contribution in [2.45, 2.75) is 143 Å². The van der Waals surface area contributed by atoms with Gasteiger partial charge in [0.25, 0.3) is 0 Å². The molecule has 0 aromatic rings. The Kier molecular flexibility index (Phi) is 6.67. The topological polar surface area (TPSA) is 38.7 Å². The maximum absolute atomic E-state index is 10.8. The fourth-order valence-corrected chi connectivity index (χ4v) is 10.2. The fraction of sp³-hybridized carbons (Fsp3) is 1.00. The van der Waals surface area contributed by atoms with Crippen LogP contribution in [0, 0.1) is 39.9 Å². The fourth-order valence-electron chi connectivity index (χ4n) is 10.2. The van der Waals surface area contributed by atoms with E-state index in [1.807, 2.05) is 21.0 Å². The number of methoxy groups -OCH3 is 1. The van der Waals surface area contributed by atoms with Crippen molar-refractivity contribution in [2.75, 3.05) is 7.11 Å². The first-order valence-corrected chi connectivity index (χ1v) is 14.2. The Hall–Kier alpha value is -0.120. The predicted molar refractivity (Wildman–Crippen MR) is 136 cm³/mol. The van der Waals surface area contributed by atoms with Crippen molar-refractivity contribution >= 4 is 0 Å². The molecule has 3 nitrogen and oxygen atoms in total. The first-order chi connectivity index (χ1) is 15.3.